The number of benzene rings is 1. The summed E-state index contributed by atoms with van der Waals surface area (Å²) in [4.78, 5) is 25.0. The normalized spacial score (nSPS) is 12.1. The first-order valence-corrected chi connectivity index (χ1v) is 8.67. The number of pyridine rings is 1. The Bertz CT molecular complexity index is 865. The van der Waals surface area contributed by atoms with Gasteiger partial charge in [0.15, 0.2) is 11.5 Å². The molecule has 1 amide bonds. The van der Waals surface area contributed by atoms with Crippen molar-refractivity contribution in [2.45, 2.75) is 32.8 Å². The second kappa shape index (κ2) is 8.92. The van der Waals surface area contributed by atoms with E-state index >= 15 is 0 Å². The minimum Gasteiger partial charge on any atom is -0.493 e. The van der Waals surface area contributed by atoms with Crippen molar-refractivity contribution in [2.24, 2.45) is 5.92 Å². The van der Waals surface area contributed by atoms with Crippen molar-refractivity contribution in [3.05, 3.63) is 34.7 Å². The number of carbonyl (C=O) groups is 1. The summed E-state index contributed by atoms with van der Waals surface area (Å²) in [6.07, 6.45) is 1.93. The Morgan fingerprint density at radius 3 is 2.41 bits per heavy atom. The lowest BCUT2D eigenvalue weighted by Crippen LogP contribution is -2.48. The fraction of sp³-hybridized carbons (Fsp3) is 0.444. The molecule has 2 aromatic rings. The molecule has 3 N–H and O–H groups in total. The van der Waals surface area contributed by atoms with Crippen LogP contribution in [0.3, 0.4) is 0 Å². The lowest BCUT2D eigenvalue weighted by Gasteiger charge is -2.20. The highest BCUT2D eigenvalue weighted by Gasteiger charge is 2.26. The molecule has 0 radical (unpaired) electrons. The predicted octanol–water partition coefficient (Wildman–Crippen LogP) is 0.562. The number of ether oxygens (including phenoxy) is 2. The SMILES string of the molecule is COc1cc2ccn(CC(=O)N[C@@H](CC(C)C)B(O)O)c(=O)c2cc1OC. The molecule has 1 aromatic heterocycles. The Labute approximate surface area is 157 Å². The Balaban J connectivity index is 2.27. The van der Waals surface area contributed by atoms with Gasteiger partial charge in [-0.25, -0.2) is 0 Å². The van der Waals surface area contributed by atoms with Gasteiger partial charge in [0, 0.05) is 6.20 Å². The van der Waals surface area contributed by atoms with Crippen LogP contribution in [0.25, 0.3) is 10.8 Å². The lowest BCUT2D eigenvalue weighted by atomic mass is 9.75. The topological polar surface area (TPSA) is 110 Å². The van der Waals surface area contributed by atoms with Crippen LogP contribution in [0.1, 0.15) is 20.3 Å². The molecule has 1 atom stereocenters. The van der Waals surface area contributed by atoms with Gasteiger partial charge in [0.2, 0.25) is 5.91 Å². The highest BCUT2D eigenvalue weighted by Crippen LogP contribution is 2.30. The van der Waals surface area contributed by atoms with Gasteiger partial charge in [0.25, 0.3) is 5.56 Å². The zero-order valence-electron chi connectivity index (χ0n) is 15.9. The highest BCUT2D eigenvalue weighted by molar-refractivity contribution is 6.43. The smallest absolute Gasteiger partial charge is 0.475 e. The number of aromatic nitrogens is 1. The van der Waals surface area contributed by atoms with Gasteiger partial charge in [0.05, 0.1) is 25.5 Å². The fourth-order valence-electron chi connectivity index (χ4n) is 2.91. The molecule has 27 heavy (non-hydrogen) atoms. The van der Waals surface area contributed by atoms with Crippen molar-refractivity contribution in [3.8, 4) is 11.5 Å². The molecule has 0 aliphatic rings. The summed E-state index contributed by atoms with van der Waals surface area (Å²) >= 11 is 0. The van der Waals surface area contributed by atoms with Gasteiger partial charge in [-0.15, -0.1) is 0 Å². The van der Waals surface area contributed by atoms with Gasteiger partial charge in [-0.3, -0.25) is 9.59 Å². The maximum absolute atomic E-state index is 12.7. The Morgan fingerprint density at radius 1 is 1.22 bits per heavy atom. The second-order valence-corrected chi connectivity index (χ2v) is 6.76. The number of methoxy groups -OCH3 is 2. The van der Waals surface area contributed by atoms with Crippen LogP contribution < -0.4 is 20.3 Å². The molecule has 0 aliphatic heterocycles. The van der Waals surface area contributed by atoms with Crippen molar-refractivity contribution in [3.63, 3.8) is 0 Å². The van der Waals surface area contributed by atoms with Crippen molar-refractivity contribution >= 4 is 23.8 Å². The van der Waals surface area contributed by atoms with Gasteiger partial charge in [-0.1, -0.05) is 13.8 Å². The van der Waals surface area contributed by atoms with Crippen molar-refractivity contribution in [1.82, 2.24) is 9.88 Å². The average molecular weight is 376 g/mol. The van der Waals surface area contributed by atoms with Crippen molar-refractivity contribution in [2.75, 3.05) is 14.2 Å². The van der Waals surface area contributed by atoms with Crippen LogP contribution in [-0.2, 0) is 11.3 Å². The van der Waals surface area contributed by atoms with Crippen LogP contribution in [0, 0.1) is 5.92 Å². The molecular formula is C18H25BN2O6. The van der Waals surface area contributed by atoms with E-state index in [1.165, 1.54) is 25.0 Å². The molecule has 0 spiro atoms. The third kappa shape index (κ3) is 5.02. The third-order valence-corrected chi connectivity index (χ3v) is 4.23. The summed E-state index contributed by atoms with van der Waals surface area (Å²) < 4.78 is 11.7. The second-order valence-electron chi connectivity index (χ2n) is 6.76. The molecular weight excluding hydrogens is 351 g/mol. The molecule has 0 fully saturated rings. The minimum absolute atomic E-state index is 0.169. The number of carbonyl (C=O) groups excluding carboxylic acids is 1. The first-order chi connectivity index (χ1) is 12.8. The number of hydrogen-bond donors (Lipinski definition) is 3. The van der Waals surface area contributed by atoms with Crippen molar-refractivity contribution < 1.29 is 24.3 Å². The standard InChI is InChI=1S/C18H25BN2O6/c1-11(2)7-16(19(24)25)20-17(22)10-21-6-5-12-8-14(26-3)15(27-4)9-13(12)18(21)23/h5-6,8-9,11,16,24-25H,7,10H2,1-4H3,(H,20,22)/t16-/m0/s1. The molecule has 0 saturated carbocycles. The number of fused-ring (bicyclic) bond motifs is 1. The number of amides is 1. The highest BCUT2D eigenvalue weighted by atomic mass is 16.5. The summed E-state index contributed by atoms with van der Waals surface area (Å²) in [6, 6.07) is 4.98. The summed E-state index contributed by atoms with van der Waals surface area (Å²) in [5.41, 5.74) is -0.353. The van der Waals surface area contributed by atoms with E-state index in [2.05, 4.69) is 5.32 Å². The number of rotatable bonds is 8. The molecule has 0 saturated heterocycles. The van der Waals surface area contributed by atoms with Gasteiger partial charge >= 0.3 is 7.12 Å². The van der Waals surface area contributed by atoms with E-state index in [1.807, 2.05) is 13.8 Å². The number of hydrogen-bond acceptors (Lipinski definition) is 6. The van der Waals surface area contributed by atoms with E-state index < -0.39 is 19.0 Å². The molecule has 146 valence electrons. The molecule has 0 bridgehead atoms. The van der Waals surface area contributed by atoms with Crippen molar-refractivity contribution in [1.29, 1.82) is 0 Å². The minimum atomic E-state index is -1.67. The fourth-order valence-corrected chi connectivity index (χ4v) is 2.91. The van der Waals surface area contributed by atoms with Crippen LogP contribution >= 0.6 is 0 Å². The molecule has 2 rings (SSSR count). The molecule has 0 unspecified atom stereocenters. The maximum Gasteiger partial charge on any atom is 0.475 e. The zero-order valence-corrected chi connectivity index (χ0v) is 15.9. The Kier molecular flexibility index (Phi) is 6.87. The van der Waals surface area contributed by atoms with E-state index in [0.29, 0.717) is 28.7 Å². The monoisotopic (exact) mass is 376 g/mol. The van der Waals surface area contributed by atoms with Gasteiger partial charge in [0.1, 0.15) is 6.54 Å². The Morgan fingerprint density at radius 2 is 1.85 bits per heavy atom. The predicted molar refractivity (Wildman–Crippen MR) is 103 cm³/mol. The van der Waals surface area contributed by atoms with E-state index in [9.17, 15) is 19.6 Å². The molecule has 9 heteroatoms. The van der Waals surface area contributed by atoms with E-state index in [1.54, 1.807) is 18.2 Å². The Hall–Kier alpha value is -2.52. The largest absolute Gasteiger partial charge is 0.493 e. The molecule has 1 aromatic carbocycles. The van der Waals surface area contributed by atoms with Crippen LogP contribution in [0.15, 0.2) is 29.2 Å². The first-order valence-electron chi connectivity index (χ1n) is 8.67. The third-order valence-electron chi connectivity index (χ3n) is 4.23. The summed E-state index contributed by atoms with van der Waals surface area (Å²) in [7, 11) is 1.33. The van der Waals surface area contributed by atoms with Gasteiger partial charge < -0.3 is 29.4 Å². The summed E-state index contributed by atoms with van der Waals surface area (Å²) in [6.45, 7) is 3.60. The molecule has 0 aliphatic carbocycles. The van der Waals surface area contributed by atoms with Crippen LogP contribution in [0.5, 0.6) is 11.5 Å². The van der Waals surface area contributed by atoms with Gasteiger partial charge in [-0.2, -0.15) is 0 Å². The van der Waals surface area contributed by atoms with Crippen LogP contribution in [0.4, 0.5) is 0 Å². The first kappa shape index (κ1) is 20.8. The molecule has 1 heterocycles. The number of nitrogens with zero attached hydrogens (tertiary/aromatic N) is 1. The quantitative estimate of drug-likeness (QED) is 0.581. The van der Waals surface area contributed by atoms with Crippen LogP contribution in [0.2, 0.25) is 0 Å². The lowest BCUT2D eigenvalue weighted by molar-refractivity contribution is -0.122. The van der Waals surface area contributed by atoms with Crippen LogP contribution in [-0.4, -0.2) is 47.8 Å². The zero-order chi connectivity index (χ0) is 20.1. The van der Waals surface area contributed by atoms with E-state index in [-0.39, 0.29) is 18.0 Å². The van der Waals surface area contributed by atoms with E-state index in [0.717, 1.165) is 0 Å². The summed E-state index contributed by atoms with van der Waals surface area (Å²) in [5, 5.41) is 22.5. The molecule has 8 nitrogen and oxygen atoms in total. The maximum atomic E-state index is 12.7. The van der Waals surface area contributed by atoms with Gasteiger partial charge in [-0.05, 0) is 35.9 Å². The number of nitrogens with one attached hydrogen (secondary N) is 1. The van der Waals surface area contributed by atoms with E-state index in [4.69, 9.17) is 9.47 Å². The average Bonchev–Trinajstić information content (AvgIpc) is 2.62. The summed E-state index contributed by atoms with van der Waals surface area (Å²) in [5.74, 6) is -0.172.